The van der Waals surface area contributed by atoms with Crippen LogP contribution in [0.3, 0.4) is 0 Å². The summed E-state index contributed by atoms with van der Waals surface area (Å²) in [7, 11) is 0. The number of rotatable bonds is 6. The molecule has 0 radical (unpaired) electrons. The molecular formula is C22H19N5O3. The summed E-state index contributed by atoms with van der Waals surface area (Å²) in [6.07, 6.45) is 4.69. The molecule has 3 heterocycles. The smallest absolute Gasteiger partial charge is 0.332 e. The Balaban J connectivity index is 1.69. The van der Waals surface area contributed by atoms with Crippen LogP contribution in [0.5, 0.6) is 0 Å². The van der Waals surface area contributed by atoms with E-state index in [1.165, 1.54) is 10.8 Å². The second kappa shape index (κ2) is 8.52. The van der Waals surface area contributed by atoms with Gasteiger partial charge in [0.2, 0.25) is 5.91 Å². The molecule has 1 amide bonds. The van der Waals surface area contributed by atoms with Crippen LogP contribution in [-0.2, 0) is 24.4 Å². The molecular weight excluding hydrogens is 382 g/mol. The van der Waals surface area contributed by atoms with Gasteiger partial charge in [0.25, 0.3) is 5.56 Å². The van der Waals surface area contributed by atoms with Crippen molar-refractivity contribution in [3.05, 3.63) is 105 Å². The zero-order valence-corrected chi connectivity index (χ0v) is 16.1. The van der Waals surface area contributed by atoms with Crippen molar-refractivity contribution in [1.82, 2.24) is 24.4 Å². The average Bonchev–Trinajstić information content (AvgIpc) is 2.79. The molecule has 0 spiro atoms. The van der Waals surface area contributed by atoms with Crippen molar-refractivity contribution < 1.29 is 4.79 Å². The summed E-state index contributed by atoms with van der Waals surface area (Å²) < 4.78 is 2.36. The van der Waals surface area contributed by atoms with Crippen LogP contribution >= 0.6 is 0 Å². The fourth-order valence-electron chi connectivity index (χ4n) is 3.21. The van der Waals surface area contributed by atoms with Crippen LogP contribution in [0.25, 0.3) is 11.0 Å². The predicted octanol–water partition coefficient (Wildman–Crippen LogP) is 1.32. The third-order valence-electron chi connectivity index (χ3n) is 4.68. The quantitative estimate of drug-likeness (QED) is 0.525. The lowest BCUT2D eigenvalue weighted by atomic mass is 10.2. The number of hydrogen-bond donors (Lipinski definition) is 1. The van der Waals surface area contributed by atoms with E-state index in [1.54, 1.807) is 36.7 Å². The Kier molecular flexibility index (Phi) is 5.47. The standard InChI is InChI=1S/C22H19N5O3/c28-19(25-13-16-6-2-1-3-7-16)15-26-18-9-5-11-24-20(18)21(29)27(22(26)30)14-17-8-4-10-23-12-17/h1-12H,13-15H2,(H,25,28). The molecule has 150 valence electrons. The maximum atomic E-state index is 13.1. The van der Waals surface area contributed by atoms with Crippen molar-refractivity contribution in [2.24, 2.45) is 0 Å². The van der Waals surface area contributed by atoms with Gasteiger partial charge in [0.1, 0.15) is 6.54 Å². The molecule has 1 N–H and O–H groups in total. The molecule has 30 heavy (non-hydrogen) atoms. The molecule has 0 atom stereocenters. The van der Waals surface area contributed by atoms with Crippen molar-refractivity contribution >= 4 is 16.9 Å². The zero-order valence-electron chi connectivity index (χ0n) is 16.1. The van der Waals surface area contributed by atoms with Gasteiger partial charge in [-0.25, -0.2) is 9.78 Å². The molecule has 0 unspecified atom stereocenters. The number of nitrogens with one attached hydrogen (secondary N) is 1. The van der Waals surface area contributed by atoms with Crippen molar-refractivity contribution in [2.45, 2.75) is 19.6 Å². The van der Waals surface area contributed by atoms with Crippen LogP contribution in [0, 0.1) is 0 Å². The summed E-state index contributed by atoms with van der Waals surface area (Å²) >= 11 is 0. The fourth-order valence-corrected chi connectivity index (χ4v) is 3.21. The number of benzene rings is 1. The molecule has 8 nitrogen and oxygen atoms in total. The minimum Gasteiger partial charge on any atom is -0.350 e. The summed E-state index contributed by atoms with van der Waals surface area (Å²) in [5.74, 6) is -0.335. The number of aromatic nitrogens is 4. The van der Waals surface area contributed by atoms with Gasteiger partial charge in [-0.2, -0.15) is 0 Å². The lowest BCUT2D eigenvalue weighted by Gasteiger charge is -2.13. The van der Waals surface area contributed by atoms with E-state index in [9.17, 15) is 14.4 Å². The monoisotopic (exact) mass is 401 g/mol. The minimum absolute atomic E-state index is 0.0453. The number of fused-ring (bicyclic) bond motifs is 1. The molecule has 0 aliphatic heterocycles. The van der Waals surface area contributed by atoms with Crippen LogP contribution in [-0.4, -0.2) is 25.0 Å². The van der Waals surface area contributed by atoms with Crippen molar-refractivity contribution in [3.63, 3.8) is 0 Å². The molecule has 0 fully saturated rings. The van der Waals surface area contributed by atoms with E-state index in [2.05, 4.69) is 15.3 Å². The third-order valence-corrected chi connectivity index (χ3v) is 4.68. The van der Waals surface area contributed by atoms with Gasteiger partial charge in [-0.1, -0.05) is 36.4 Å². The highest BCUT2D eigenvalue weighted by molar-refractivity contribution is 5.79. The van der Waals surface area contributed by atoms with E-state index in [-0.39, 0.29) is 24.5 Å². The van der Waals surface area contributed by atoms with Gasteiger partial charge in [-0.05, 0) is 29.3 Å². The van der Waals surface area contributed by atoms with E-state index in [4.69, 9.17) is 0 Å². The average molecular weight is 401 g/mol. The number of amides is 1. The highest BCUT2D eigenvalue weighted by Gasteiger charge is 2.16. The summed E-state index contributed by atoms with van der Waals surface area (Å²) in [6.45, 7) is 0.171. The van der Waals surface area contributed by atoms with Crippen LogP contribution in [0.2, 0.25) is 0 Å². The van der Waals surface area contributed by atoms with Gasteiger partial charge in [0, 0.05) is 25.1 Å². The second-order valence-electron chi connectivity index (χ2n) is 6.75. The van der Waals surface area contributed by atoms with Gasteiger partial charge >= 0.3 is 5.69 Å². The second-order valence-corrected chi connectivity index (χ2v) is 6.75. The Morgan fingerprint density at radius 1 is 0.900 bits per heavy atom. The summed E-state index contributed by atoms with van der Waals surface area (Å²) in [6, 6.07) is 16.2. The molecule has 3 aromatic heterocycles. The Morgan fingerprint density at radius 2 is 1.67 bits per heavy atom. The van der Waals surface area contributed by atoms with Gasteiger partial charge in [-0.3, -0.25) is 23.7 Å². The molecule has 1 aromatic carbocycles. The third kappa shape index (κ3) is 4.02. The first-order valence-corrected chi connectivity index (χ1v) is 9.41. The van der Waals surface area contributed by atoms with E-state index >= 15 is 0 Å². The molecule has 0 saturated carbocycles. The molecule has 0 aliphatic rings. The first-order chi connectivity index (χ1) is 14.6. The topological polar surface area (TPSA) is 98.9 Å². The molecule has 4 aromatic rings. The Bertz CT molecular complexity index is 1300. The molecule has 0 aliphatic carbocycles. The van der Waals surface area contributed by atoms with Gasteiger partial charge in [0.05, 0.1) is 12.1 Å². The summed E-state index contributed by atoms with van der Waals surface area (Å²) in [5.41, 5.74) is 1.04. The van der Waals surface area contributed by atoms with Crippen molar-refractivity contribution in [2.75, 3.05) is 0 Å². The van der Waals surface area contributed by atoms with E-state index in [0.29, 0.717) is 17.6 Å². The number of carbonyl (C=O) groups excluding carboxylic acids is 1. The Hall–Kier alpha value is -4.07. The van der Waals surface area contributed by atoms with Gasteiger partial charge in [-0.15, -0.1) is 0 Å². The van der Waals surface area contributed by atoms with Crippen LogP contribution in [0.4, 0.5) is 0 Å². The normalized spacial score (nSPS) is 10.8. The molecule has 0 saturated heterocycles. The largest absolute Gasteiger partial charge is 0.350 e. The number of carbonyl (C=O) groups is 1. The van der Waals surface area contributed by atoms with Crippen molar-refractivity contribution in [1.29, 1.82) is 0 Å². The Morgan fingerprint density at radius 3 is 2.43 bits per heavy atom. The lowest BCUT2D eigenvalue weighted by Crippen LogP contribution is -2.43. The maximum Gasteiger partial charge on any atom is 0.332 e. The lowest BCUT2D eigenvalue weighted by molar-refractivity contribution is -0.121. The maximum absolute atomic E-state index is 13.1. The Labute approximate surface area is 171 Å². The van der Waals surface area contributed by atoms with E-state index in [0.717, 1.165) is 10.1 Å². The van der Waals surface area contributed by atoms with E-state index < -0.39 is 11.2 Å². The highest BCUT2D eigenvalue weighted by atomic mass is 16.2. The first-order valence-electron chi connectivity index (χ1n) is 9.41. The van der Waals surface area contributed by atoms with Crippen molar-refractivity contribution in [3.8, 4) is 0 Å². The number of nitrogens with zero attached hydrogens (tertiary/aromatic N) is 4. The number of pyridine rings is 2. The van der Waals surface area contributed by atoms with Crippen LogP contribution < -0.4 is 16.6 Å². The molecule has 8 heteroatoms. The summed E-state index contributed by atoms with van der Waals surface area (Å²) in [5, 5.41) is 2.81. The number of hydrogen-bond acceptors (Lipinski definition) is 5. The molecule has 0 bridgehead atoms. The zero-order chi connectivity index (χ0) is 20.9. The highest BCUT2D eigenvalue weighted by Crippen LogP contribution is 2.06. The predicted molar refractivity (Wildman–Crippen MR) is 112 cm³/mol. The minimum atomic E-state index is -0.570. The summed E-state index contributed by atoms with van der Waals surface area (Å²) in [4.78, 5) is 46.7. The van der Waals surface area contributed by atoms with Gasteiger partial charge < -0.3 is 5.32 Å². The van der Waals surface area contributed by atoms with Gasteiger partial charge in [0.15, 0.2) is 5.52 Å². The molecule has 4 rings (SSSR count). The van der Waals surface area contributed by atoms with E-state index in [1.807, 2.05) is 30.3 Å². The fraction of sp³-hybridized carbons (Fsp3) is 0.136. The van der Waals surface area contributed by atoms with Crippen LogP contribution in [0.1, 0.15) is 11.1 Å². The SMILES string of the molecule is O=C(Cn1c(=O)n(Cc2cccnc2)c(=O)c2ncccc21)NCc1ccccc1. The van der Waals surface area contributed by atoms with Crippen LogP contribution in [0.15, 0.2) is 82.8 Å². The first kappa shape index (κ1) is 19.3.